The first-order valence-corrected chi connectivity index (χ1v) is 9.02. The Hall–Kier alpha value is -1.91. The van der Waals surface area contributed by atoms with Gasteiger partial charge in [0, 0.05) is 19.3 Å². The first kappa shape index (κ1) is 21.1. The Morgan fingerprint density at radius 1 is 1.08 bits per heavy atom. The van der Waals surface area contributed by atoms with Gasteiger partial charge in [0.15, 0.2) is 0 Å². The molecule has 0 radical (unpaired) electrons. The molecule has 1 unspecified atom stereocenters. The van der Waals surface area contributed by atoms with E-state index in [9.17, 15) is 14.0 Å². The average molecular weight is 352 g/mol. The maximum Gasteiger partial charge on any atom is 0.306 e. The highest BCUT2D eigenvalue weighted by Gasteiger charge is 2.17. The number of carbonyl (C=O) groups is 2. The van der Waals surface area contributed by atoms with E-state index in [-0.39, 0.29) is 43.3 Å². The molecule has 0 bridgehead atoms. The lowest BCUT2D eigenvalue weighted by molar-refractivity contribution is -0.152. The molecular formula is C20H29FO4. The Morgan fingerprint density at radius 3 is 2.32 bits per heavy atom. The van der Waals surface area contributed by atoms with Gasteiger partial charge in [-0.25, -0.2) is 4.39 Å². The zero-order valence-corrected chi connectivity index (χ0v) is 15.4. The molecule has 4 nitrogen and oxygen atoms in total. The minimum Gasteiger partial charge on any atom is -0.465 e. The van der Waals surface area contributed by atoms with Crippen molar-refractivity contribution in [2.75, 3.05) is 6.61 Å². The first-order valence-electron chi connectivity index (χ1n) is 9.02. The van der Waals surface area contributed by atoms with Crippen LogP contribution < -0.4 is 0 Å². The number of hydrogen-bond acceptors (Lipinski definition) is 4. The summed E-state index contributed by atoms with van der Waals surface area (Å²) < 4.78 is 23.4. The second-order valence-corrected chi connectivity index (χ2v) is 6.51. The fraction of sp³-hybridized carbons (Fsp3) is 0.600. The molecule has 25 heavy (non-hydrogen) atoms. The van der Waals surface area contributed by atoms with Crippen LogP contribution in [0.25, 0.3) is 0 Å². The molecule has 5 heteroatoms. The molecule has 0 saturated carbocycles. The lowest BCUT2D eigenvalue weighted by atomic mass is 10.0. The van der Waals surface area contributed by atoms with E-state index < -0.39 is 0 Å². The van der Waals surface area contributed by atoms with Crippen molar-refractivity contribution in [1.82, 2.24) is 0 Å². The van der Waals surface area contributed by atoms with E-state index in [4.69, 9.17) is 9.47 Å². The standard InChI is InChI=1S/C20H29FO4/c1-4-6-18(15(2)3)25-20(23)8-5-7-19(22)24-14-13-16-9-11-17(21)12-10-16/h9-12,15,18H,4-8,13-14H2,1-3H3. The predicted molar refractivity (Wildman–Crippen MR) is 94.5 cm³/mol. The van der Waals surface area contributed by atoms with Crippen LogP contribution in [-0.4, -0.2) is 24.6 Å². The third-order valence-electron chi connectivity index (χ3n) is 3.93. The molecule has 1 atom stereocenters. The Morgan fingerprint density at radius 2 is 1.72 bits per heavy atom. The molecule has 0 aliphatic rings. The highest BCUT2D eigenvalue weighted by molar-refractivity contribution is 5.72. The molecule has 0 aliphatic carbocycles. The van der Waals surface area contributed by atoms with Crippen LogP contribution in [0.1, 0.15) is 58.4 Å². The van der Waals surface area contributed by atoms with Gasteiger partial charge >= 0.3 is 11.9 Å². The maximum atomic E-state index is 12.8. The van der Waals surface area contributed by atoms with Gasteiger partial charge in [0.05, 0.1) is 6.61 Å². The number of halogens is 1. The highest BCUT2D eigenvalue weighted by atomic mass is 19.1. The number of benzene rings is 1. The summed E-state index contributed by atoms with van der Waals surface area (Å²) >= 11 is 0. The molecule has 0 fully saturated rings. The van der Waals surface area contributed by atoms with Crippen LogP contribution in [0.15, 0.2) is 24.3 Å². The molecular weight excluding hydrogens is 323 g/mol. The van der Waals surface area contributed by atoms with Crippen molar-refractivity contribution in [3.05, 3.63) is 35.6 Å². The van der Waals surface area contributed by atoms with Crippen LogP contribution in [0, 0.1) is 11.7 Å². The van der Waals surface area contributed by atoms with E-state index in [1.165, 1.54) is 12.1 Å². The Balaban J connectivity index is 2.16. The van der Waals surface area contributed by atoms with Gasteiger partial charge < -0.3 is 9.47 Å². The fourth-order valence-corrected chi connectivity index (χ4v) is 2.42. The molecule has 140 valence electrons. The lowest BCUT2D eigenvalue weighted by Gasteiger charge is -2.20. The van der Waals surface area contributed by atoms with Gasteiger partial charge in [0.25, 0.3) is 0 Å². The van der Waals surface area contributed by atoms with Crippen molar-refractivity contribution < 1.29 is 23.5 Å². The van der Waals surface area contributed by atoms with Crippen molar-refractivity contribution >= 4 is 11.9 Å². The summed E-state index contributed by atoms with van der Waals surface area (Å²) in [7, 11) is 0. The largest absolute Gasteiger partial charge is 0.465 e. The van der Waals surface area contributed by atoms with Crippen LogP contribution in [-0.2, 0) is 25.5 Å². The fourth-order valence-electron chi connectivity index (χ4n) is 2.42. The van der Waals surface area contributed by atoms with Crippen LogP contribution in [0.2, 0.25) is 0 Å². The second-order valence-electron chi connectivity index (χ2n) is 6.51. The molecule has 0 N–H and O–H groups in total. The summed E-state index contributed by atoms with van der Waals surface area (Å²) in [4.78, 5) is 23.5. The minimum atomic E-state index is -0.330. The molecule has 0 saturated heterocycles. The first-order chi connectivity index (χ1) is 11.9. The van der Waals surface area contributed by atoms with E-state index in [1.54, 1.807) is 12.1 Å². The molecule has 0 spiro atoms. The van der Waals surface area contributed by atoms with Gasteiger partial charge in [-0.2, -0.15) is 0 Å². The minimum absolute atomic E-state index is 0.0554. The van der Waals surface area contributed by atoms with Crippen molar-refractivity contribution in [3.63, 3.8) is 0 Å². The van der Waals surface area contributed by atoms with E-state index in [0.717, 1.165) is 18.4 Å². The van der Waals surface area contributed by atoms with Crippen molar-refractivity contribution in [2.24, 2.45) is 5.92 Å². The van der Waals surface area contributed by atoms with Crippen LogP contribution in [0.5, 0.6) is 0 Å². The quantitative estimate of drug-likeness (QED) is 0.552. The van der Waals surface area contributed by atoms with Crippen LogP contribution in [0.4, 0.5) is 4.39 Å². The van der Waals surface area contributed by atoms with Gasteiger partial charge in [-0.3, -0.25) is 9.59 Å². The summed E-state index contributed by atoms with van der Waals surface area (Å²) in [5.74, 6) is -0.582. The SMILES string of the molecule is CCCC(OC(=O)CCCC(=O)OCCc1ccc(F)cc1)C(C)C. The summed E-state index contributed by atoms with van der Waals surface area (Å²) in [6, 6.07) is 6.10. The number of ether oxygens (including phenoxy) is 2. The lowest BCUT2D eigenvalue weighted by Crippen LogP contribution is -2.23. The Kier molecular flexibility index (Phi) is 9.81. The van der Waals surface area contributed by atoms with Gasteiger partial charge in [-0.1, -0.05) is 39.3 Å². The molecule has 0 heterocycles. The van der Waals surface area contributed by atoms with Gasteiger partial charge in [-0.15, -0.1) is 0 Å². The molecule has 0 aliphatic heterocycles. The number of hydrogen-bond donors (Lipinski definition) is 0. The number of rotatable bonds is 11. The predicted octanol–water partition coefficient (Wildman–Crippen LogP) is 4.45. The highest BCUT2D eigenvalue weighted by Crippen LogP contribution is 2.14. The van der Waals surface area contributed by atoms with Crippen molar-refractivity contribution in [2.45, 2.75) is 65.4 Å². The Labute approximate surface area is 149 Å². The van der Waals surface area contributed by atoms with Crippen LogP contribution >= 0.6 is 0 Å². The van der Waals surface area contributed by atoms with Crippen LogP contribution in [0.3, 0.4) is 0 Å². The van der Waals surface area contributed by atoms with Crippen molar-refractivity contribution in [1.29, 1.82) is 0 Å². The summed E-state index contributed by atoms with van der Waals surface area (Å²) in [6.07, 6.45) is 3.15. The molecule has 1 aromatic carbocycles. The molecule has 0 aromatic heterocycles. The smallest absolute Gasteiger partial charge is 0.306 e. The van der Waals surface area contributed by atoms with Gasteiger partial charge in [-0.05, 0) is 36.5 Å². The maximum absolute atomic E-state index is 12.8. The molecule has 1 aromatic rings. The van der Waals surface area contributed by atoms with E-state index in [0.29, 0.717) is 18.8 Å². The third-order valence-corrected chi connectivity index (χ3v) is 3.93. The van der Waals surface area contributed by atoms with E-state index >= 15 is 0 Å². The van der Waals surface area contributed by atoms with Crippen molar-refractivity contribution in [3.8, 4) is 0 Å². The van der Waals surface area contributed by atoms with Gasteiger partial charge in [0.2, 0.25) is 0 Å². The summed E-state index contributed by atoms with van der Waals surface area (Å²) in [5, 5.41) is 0. The molecule has 1 rings (SSSR count). The number of carbonyl (C=O) groups excluding carboxylic acids is 2. The second kappa shape index (κ2) is 11.6. The third kappa shape index (κ3) is 9.22. The Bertz CT molecular complexity index is 525. The molecule has 0 amide bonds. The number of esters is 2. The monoisotopic (exact) mass is 352 g/mol. The topological polar surface area (TPSA) is 52.6 Å². The summed E-state index contributed by atoms with van der Waals surface area (Å²) in [6.45, 7) is 6.38. The van der Waals surface area contributed by atoms with E-state index in [2.05, 4.69) is 6.92 Å². The zero-order valence-electron chi connectivity index (χ0n) is 15.4. The van der Waals surface area contributed by atoms with E-state index in [1.807, 2.05) is 13.8 Å². The normalized spacial score (nSPS) is 12.0. The van der Waals surface area contributed by atoms with Gasteiger partial charge in [0.1, 0.15) is 11.9 Å². The average Bonchev–Trinajstić information content (AvgIpc) is 2.56. The summed E-state index contributed by atoms with van der Waals surface area (Å²) in [5.41, 5.74) is 0.911. The zero-order chi connectivity index (χ0) is 18.7.